The third-order valence-corrected chi connectivity index (χ3v) is 0.652. The molecule has 0 aliphatic carbocycles. The summed E-state index contributed by atoms with van der Waals surface area (Å²) in [6, 6.07) is 0. The smallest absolute Gasteiger partial charge is 0.106 e. The number of nitrogens with zero attached hydrogens (tertiary/aromatic N) is 1. The lowest BCUT2D eigenvalue weighted by molar-refractivity contribution is -0.0979. The van der Waals surface area contributed by atoms with Crippen molar-refractivity contribution in [1.82, 2.24) is 0 Å². The fourth-order valence-electron chi connectivity index (χ4n) is 0.335. The summed E-state index contributed by atoms with van der Waals surface area (Å²) in [5.74, 6) is 0. The number of hydrogen-bond donors (Lipinski definition) is 0. The van der Waals surface area contributed by atoms with Crippen molar-refractivity contribution in [2.45, 2.75) is 27.2 Å². The molecule has 0 amide bonds. The third kappa shape index (κ3) is 26.6. The predicted octanol–water partition coefficient (Wildman–Crippen LogP) is 0.868. The maximum atomic E-state index is 8.00. The Labute approximate surface area is 62.5 Å². The second kappa shape index (κ2) is 15.7. The second-order valence-corrected chi connectivity index (χ2v) is 1.83. The monoisotopic (exact) mass is 147 g/mol. The SMILES string of the molecule is C=O.CCCN=C(C)C.O. The van der Waals surface area contributed by atoms with Crippen molar-refractivity contribution in [2.24, 2.45) is 4.99 Å². The van der Waals surface area contributed by atoms with Gasteiger partial charge >= 0.3 is 0 Å². The van der Waals surface area contributed by atoms with Crippen molar-refractivity contribution in [3.05, 3.63) is 0 Å². The van der Waals surface area contributed by atoms with E-state index in [-0.39, 0.29) is 5.48 Å². The minimum atomic E-state index is 0. The number of hydrogen-bond acceptors (Lipinski definition) is 2. The molecule has 0 aromatic heterocycles. The standard InChI is InChI=1S/C6H13N.CH2O.H2O/c1-4-5-7-6(2)3;1-2;/h4-5H2,1-3H3;1H2;1H2. The zero-order valence-corrected chi connectivity index (χ0v) is 6.98. The molecule has 3 nitrogen and oxygen atoms in total. The minimum Gasteiger partial charge on any atom is -0.412 e. The van der Waals surface area contributed by atoms with Crippen LogP contribution in [0.25, 0.3) is 0 Å². The second-order valence-electron chi connectivity index (χ2n) is 1.83. The molecule has 10 heavy (non-hydrogen) atoms. The van der Waals surface area contributed by atoms with E-state index in [1.165, 1.54) is 5.71 Å². The van der Waals surface area contributed by atoms with Crippen LogP contribution in [0.3, 0.4) is 0 Å². The van der Waals surface area contributed by atoms with Gasteiger partial charge in [0.2, 0.25) is 0 Å². The largest absolute Gasteiger partial charge is 0.412 e. The molecule has 0 atom stereocenters. The highest BCUT2D eigenvalue weighted by atomic mass is 16.1. The molecule has 0 aromatic rings. The average Bonchev–Trinajstić information content (AvgIpc) is 1.88. The molecule has 3 heteroatoms. The van der Waals surface area contributed by atoms with Crippen LogP contribution in [-0.2, 0) is 4.79 Å². The van der Waals surface area contributed by atoms with Gasteiger partial charge in [-0.3, -0.25) is 4.99 Å². The number of aliphatic imine (C=N–C) groups is 1. The molecule has 0 fully saturated rings. The number of carbonyl (C=O) groups is 1. The van der Waals surface area contributed by atoms with E-state index in [2.05, 4.69) is 11.9 Å². The van der Waals surface area contributed by atoms with Gasteiger partial charge in [0.25, 0.3) is 0 Å². The van der Waals surface area contributed by atoms with Crippen LogP contribution >= 0.6 is 0 Å². The number of rotatable bonds is 2. The van der Waals surface area contributed by atoms with Crippen LogP contribution in [0.4, 0.5) is 0 Å². The summed E-state index contributed by atoms with van der Waals surface area (Å²) < 4.78 is 0. The van der Waals surface area contributed by atoms with Crippen LogP contribution in [0.15, 0.2) is 4.99 Å². The van der Waals surface area contributed by atoms with Crippen molar-refractivity contribution in [2.75, 3.05) is 6.54 Å². The van der Waals surface area contributed by atoms with Gasteiger partial charge in [0, 0.05) is 12.3 Å². The van der Waals surface area contributed by atoms with Gasteiger partial charge in [-0.15, -0.1) is 0 Å². The third-order valence-electron chi connectivity index (χ3n) is 0.652. The minimum absolute atomic E-state index is 0. The van der Waals surface area contributed by atoms with Crippen LogP contribution in [0, 0.1) is 0 Å². The Morgan fingerprint density at radius 2 is 1.80 bits per heavy atom. The zero-order valence-electron chi connectivity index (χ0n) is 6.98. The van der Waals surface area contributed by atoms with Gasteiger partial charge in [0.15, 0.2) is 0 Å². The Kier molecular flexibility index (Phi) is 25.4. The van der Waals surface area contributed by atoms with Gasteiger partial charge in [0.05, 0.1) is 0 Å². The summed E-state index contributed by atoms with van der Waals surface area (Å²) in [5, 5.41) is 0. The van der Waals surface area contributed by atoms with Crippen LogP contribution < -0.4 is 0 Å². The fourth-order valence-corrected chi connectivity index (χ4v) is 0.335. The first-order chi connectivity index (χ1) is 4.27. The first-order valence-corrected chi connectivity index (χ1v) is 3.04. The van der Waals surface area contributed by atoms with Gasteiger partial charge in [-0.05, 0) is 20.3 Å². The first-order valence-electron chi connectivity index (χ1n) is 3.04. The summed E-state index contributed by atoms with van der Waals surface area (Å²) >= 11 is 0. The van der Waals surface area contributed by atoms with Crippen molar-refractivity contribution in [3.8, 4) is 0 Å². The predicted molar refractivity (Wildman–Crippen MR) is 44.7 cm³/mol. The number of carbonyl (C=O) groups excluding carboxylic acids is 1. The molecule has 0 radical (unpaired) electrons. The first kappa shape index (κ1) is 16.1. The van der Waals surface area contributed by atoms with Gasteiger partial charge in [-0.1, -0.05) is 6.92 Å². The lowest BCUT2D eigenvalue weighted by Crippen LogP contribution is -1.82. The van der Waals surface area contributed by atoms with E-state index >= 15 is 0 Å². The van der Waals surface area contributed by atoms with E-state index in [0.29, 0.717) is 0 Å². The molecule has 0 heterocycles. The molecule has 2 N–H and O–H groups in total. The zero-order chi connectivity index (χ0) is 7.70. The van der Waals surface area contributed by atoms with Crippen molar-refractivity contribution in [3.63, 3.8) is 0 Å². The molecule has 0 spiro atoms. The molecule has 62 valence electrons. The molecule has 0 bridgehead atoms. The molecular weight excluding hydrogens is 130 g/mol. The lowest BCUT2D eigenvalue weighted by Gasteiger charge is -1.85. The summed E-state index contributed by atoms with van der Waals surface area (Å²) in [6.45, 7) is 9.17. The molecule has 0 aromatic carbocycles. The maximum absolute atomic E-state index is 8.00. The Morgan fingerprint density at radius 3 is 1.90 bits per heavy atom. The maximum Gasteiger partial charge on any atom is 0.106 e. The van der Waals surface area contributed by atoms with Crippen LogP contribution in [-0.4, -0.2) is 24.5 Å². The highest BCUT2D eigenvalue weighted by Gasteiger charge is 1.73. The van der Waals surface area contributed by atoms with Crippen LogP contribution in [0.2, 0.25) is 0 Å². The van der Waals surface area contributed by atoms with E-state index in [4.69, 9.17) is 4.79 Å². The summed E-state index contributed by atoms with van der Waals surface area (Å²) in [7, 11) is 0. The molecule has 0 unspecified atom stereocenters. The molecule has 0 saturated carbocycles. The van der Waals surface area contributed by atoms with Crippen LogP contribution in [0.5, 0.6) is 0 Å². The molecular formula is C7H17NO2. The van der Waals surface area contributed by atoms with E-state index in [1.54, 1.807) is 0 Å². The Bertz CT molecular complexity index is 77.7. The average molecular weight is 147 g/mol. The summed E-state index contributed by atoms with van der Waals surface area (Å²) in [6.07, 6.45) is 1.16. The summed E-state index contributed by atoms with van der Waals surface area (Å²) in [4.78, 5) is 12.2. The highest BCUT2D eigenvalue weighted by molar-refractivity contribution is 5.78. The van der Waals surface area contributed by atoms with Crippen LogP contribution in [0.1, 0.15) is 27.2 Å². The Morgan fingerprint density at radius 1 is 1.40 bits per heavy atom. The Balaban J connectivity index is -0.000000149. The van der Waals surface area contributed by atoms with E-state index in [0.717, 1.165) is 13.0 Å². The van der Waals surface area contributed by atoms with E-state index in [1.807, 2.05) is 20.6 Å². The lowest BCUT2D eigenvalue weighted by atomic mass is 10.4. The normalized spacial score (nSPS) is 6.30. The van der Waals surface area contributed by atoms with Crippen molar-refractivity contribution >= 4 is 12.5 Å². The van der Waals surface area contributed by atoms with E-state index in [9.17, 15) is 0 Å². The van der Waals surface area contributed by atoms with E-state index < -0.39 is 0 Å². The van der Waals surface area contributed by atoms with Gasteiger partial charge < -0.3 is 10.3 Å². The Hall–Kier alpha value is -0.700. The van der Waals surface area contributed by atoms with Crippen molar-refractivity contribution < 1.29 is 10.3 Å². The molecule has 0 aliphatic rings. The molecule has 0 aliphatic heterocycles. The topological polar surface area (TPSA) is 60.9 Å². The van der Waals surface area contributed by atoms with Gasteiger partial charge in [0.1, 0.15) is 6.79 Å². The van der Waals surface area contributed by atoms with Crippen molar-refractivity contribution in [1.29, 1.82) is 0 Å². The summed E-state index contributed by atoms with van der Waals surface area (Å²) in [5.41, 5.74) is 1.18. The van der Waals surface area contributed by atoms with Gasteiger partial charge in [-0.2, -0.15) is 0 Å². The molecule has 0 rings (SSSR count). The highest BCUT2D eigenvalue weighted by Crippen LogP contribution is 1.78. The molecule has 0 saturated heterocycles. The fraction of sp³-hybridized carbons (Fsp3) is 0.714. The quantitative estimate of drug-likeness (QED) is 0.534. The van der Waals surface area contributed by atoms with Gasteiger partial charge in [-0.25, -0.2) is 0 Å².